The first-order valence-corrected chi connectivity index (χ1v) is 10.9. The molecule has 0 fully saturated rings. The molecule has 1 aliphatic rings. The molecule has 148 valence electrons. The van der Waals surface area contributed by atoms with E-state index >= 15 is 0 Å². The van der Waals surface area contributed by atoms with Crippen LogP contribution >= 0.6 is 0 Å². The van der Waals surface area contributed by atoms with Gasteiger partial charge in [0.05, 0.1) is 11.0 Å². The lowest BCUT2D eigenvalue weighted by atomic mass is 9.83. The number of para-hydroxylation sites is 1. The highest BCUT2D eigenvalue weighted by atomic mass is 15.0. The molecule has 2 aromatic heterocycles. The predicted octanol–water partition coefficient (Wildman–Crippen LogP) is 7.57. The molecule has 31 heavy (non-hydrogen) atoms. The molecule has 0 spiro atoms. The second kappa shape index (κ2) is 5.67. The van der Waals surface area contributed by atoms with Gasteiger partial charge >= 0.3 is 0 Å². The van der Waals surface area contributed by atoms with Gasteiger partial charge in [-0.25, -0.2) is 0 Å². The third-order valence-corrected chi connectivity index (χ3v) is 7.12. The van der Waals surface area contributed by atoms with Crippen molar-refractivity contribution in [2.45, 2.75) is 19.3 Å². The van der Waals surface area contributed by atoms with Crippen LogP contribution in [0.2, 0.25) is 0 Å². The Labute approximate surface area is 180 Å². The Balaban J connectivity index is 1.53. The van der Waals surface area contributed by atoms with E-state index in [1.165, 1.54) is 60.8 Å². The molecule has 3 heterocycles. The van der Waals surface area contributed by atoms with Crippen LogP contribution in [0.15, 0.2) is 91.0 Å². The number of aromatic amines is 1. The largest absolute Gasteiger partial charge is 0.354 e. The molecule has 1 N–H and O–H groups in total. The van der Waals surface area contributed by atoms with Gasteiger partial charge in [-0.3, -0.25) is 0 Å². The highest BCUT2D eigenvalue weighted by Gasteiger charge is 2.37. The highest BCUT2D eigenvalue weighted by Crippen LogP contribution is 2.47. The predicted molar refractivity (Wildman–Crippen MR) is 130 cm³/mol. The summed E-state index contributed by atoms with van der Waals surface area (Å²) in [5.41, 5.74) is 10.3. The third-order valence-electron chi connectivity index (χ3n) is 7.12. The first-order valence-electron chi connectivity index (χ1n) is 10.9. The lowest BCUT2D eigenvalue weighted by Gasteiger charge is -2.18. The number of hydrogen-bond donors (Lipinski definition) is 1. The Bertz CT molecular complexity index is 1650. The van der Waals surface area contributed by atoms with E-state index in [9.17, 15) is 0 Å². The Kier molecular flexibility index (Phi) is 3.10. The van der Waals surface area contributed by atoms with Crippen LogP contribution in [0.5, 0.6) is 0 Å². The monoisotopic (exact) mass is 398 g/mol. The molecule has 0 unspecified atom stereocenters. The summed E-state index contributed by atoms with van der Waals surface area (Å²) in [5, 5.41) is 3.87. The van der Waals surface area contributed by atoms with Gasteiger partial charge in [0.15, 0.2) is 0 Å². The zero-order valence-corrected chi connectivity index (χ0v) is 17.6. The molecule has 6 aromatic rings. The van der Waals surface area contributed by atoms with Crippen LogP contribution in [0.3, 0.4) is 0 Å². The van der Waals surface area contributed by atoms with Gasteiger partial charge in [0.1, 0.15) is 0 Å². The van der Waals surface area contributed by atoms with Gasteiger partial charge in [0.2, 0.25) is 0 Å². The van der Waals surface area contributed by atoms with E-state index in [1.807, 2.05) is 0 Å². The number of nitrogens with one attached hydrogen (secondary N) is 1. The first-order chi connectivity index (χ1) is 15.1. The van der Waals surface area contributed by atoms with Crippen LogP contribution in [0.25, 0.3) is 49.5 Å². The van der Waals surface area contributed by atoms with E-state index < -0.39 is 0 Å². The smallest absolute Gasteiger partial charge is 0.0560 e. The Hall–Kier alpha value is -3.78. The summed E-state index contributed by atoms with van der Waals surface area (Å²) < 4.78 is 2.45. The molecule has 0 saturated heterocycles. The van der Waals surface area contributed by atoms with Gasteiger partial charge in [-0.15, -0.1) is 0 Å². The number of H-pyrrole nitrogens is 1. The maximum atomic E-state index is 3.73. The topological polar surface area (TPSA) is 20.7 Å². The second-order valence-corrected chi connectivity index (χ2v) is 9.18. The Morgan fingerprint density at radius 3 is 2.35 bits per heavy atom. The van der Waals surface area contributed by atoms with Gasteiger partial charge in [0.25, 0.3) is 0 Å². The molecule has 2 heteroatoms. The van der Waals surface area contributed by atoms with Crippen molar-refractivity contribution >= 4 is 32.7 Å². The SMILES string of the molecule is CC1(C)c2ccccc2-n2c1cc1c3[nH]c4ccc(-c5ccccc5)cc4c3ccc12. The lowest BCUT2D eigenvalue weighted by molar-refractivity contribution is 0.645. The maximum absolute atomic E-state index is 3.73. The zero-order chi connectivity index (χ0) is 20.7. The zero-order valence-electron chi connectivity index (χ0n) is 17.6. The number of benzene rings is 4. The van der Waals surface area contributed by atoms with Crippen LogP contribution in [-0.2, 0) is 5.41 Å². The minimum atomic E-state index is -0.00552. The summed E-state index contributed by atoms with van der Waals surface area (Å²) >= 11 is 0. The minimum absolute atomic E-state index is 0.00552. The van der Waals surface area contributed by atoms with E-state index in [4.69, 9.17) is 0 Å². The third kappa shape index (κ3) is 2.12. The number of rotatable bonds is 1. The molecule has 0 atom stereocenters. The van der Waals surface area contributed by atoms with Crippen LogP contribution in [-0.4, -0.2) is 9.55 Å². The van der Waals surface area contributed by atoms with Crippen LogP contribution in [0, 0.1) is 0 Å². The van der Waals surface area contributed by atoms with Gasteiger partial charge in [-0.2, -0.15) is 0 Å². The van der Waals surface area contributed by atoms with Crippen LogP contribution < -0.4 is 0 Å². The van der Waals surface area contributed by atoms with Gasteiger partial charge in [0, 0.05) is 38.5 Å². The highest BCUT2D eigenvalue weighted by molar-refractivity contribution is 6.17. The molecule has 2 nitrogen and oxygen atoms in total. The molecule has 0 bridgehead atoms. The minimum Gasteiger partial charge on any atom is -0.354 e. The fourth-order valence-corrected chi connectivity index (χ4v) is 5.52. The van der Waals surface area contributed by atoms with Crippen molar-refractivity contribution in [1.82, 2.24) is 9.55 Å². The van der Waals surface area contributed by atoms with Crippen molar-refractivity contribution in [2.75, 3.05) is 0 Å². The molecule has 0 aliphatic carbocycles. The summed E-state index contributed by atoms with van der Waals surface area (Å²) in [4.78, 5) is 3.73. The van der Waals surface area contributed by atoms with Crippen molar-refractivity contribution in [3.63, 3.8) is 0 Å². The summed E-state index contributed by atoms with van der Waals surface area (Å²) in [5.74, 6) is 0. The van der Waals surface area contributed by atoms with E-state index in [2.05, 4.69) is 114 Å². The molecule has 1 aliphatic heterocycles. The maximum Gasteiger partial charge on any atom is 0.0560 e. The van der Waals surface area contributed by atoms with Gasteiger partial charge in [-0.05, 0) is 47.0 Å². The second-order valence-electron chi connectivity index (χ2n) is 9.18. The van der Waals surface area contributed by atoms with E-state index in [0.717, 1.165) is 0 Å². The molecule has 7 rings (SSSR count). The molecule has 0 radical (unpaired) electrons. The summed E-state index contributed by atoms with van der Waals surface area (Å²) in [6.45, 7) is 4.66. The normalized spacial score (nSPS) is 14.4. The number of nitrogens with zero attached hydrogens (tertiary/aromatic N) is 1. The quantitative estimate of drug-likeness (QED) is 0.295. The Morgan fingerprint density at radius 2 is 1.48 bits per heavy atom. The summed E-state index contributed by atoms with van der Waals surface area (Å²) in [6, 6.07) is 33.1. The lowest BCUT2D eigenvalue weighted by Crippen LogP contribution is -2.14. The molecule has 4 aromatic carbocycles. The average Bonchev–Trinajstić information content (AvgIpc) is 3.43. The molecule has 0 amide bonds. The number of hydrogen-bond acceptors (Lipinski definition) is 0. The van der Waals surface area contributed by atoms with Crippen molar-refractivity contribution < 1.29 is 0 Å². The van der Waals surface area contributed by atoms with Crippen LogP contribution in [0.4, 0.5) is 0 Å². The number of fused-ring (bicyclic) bond motifs is 9. The van der Waals surface area contributed by atoms with Gasteiger partial charge < -0.3 is 9.55 Å². The average molecular weight is 399 g/mol. The molecular formula is C29H22N2. The Morgan fingerprint density at radius 1 is 0.677 bits per heavy atom. The van der Waals surface area contributed by atoms with Crippen LogP contribution in [0.1, 0.15) is 25.1 Å². The fourth-order valence-electron chi connectivity index (χ4n) is 5.52. The van der Waals surface area contributed by atoms with E-state index in [-0.39, 0.29) is 5.41 Å². The summed E-state index contributed by atoms with van der Waals surface area (Å²) in [6.07, 6.45) is 0. The van der Waals surface area contributed by atoms with Crippen molar-refractivity contribution in [3.8, 4) is 16.8 Å². The molecule has 0 saturated carbocycles. The fraction of sp³-hybridized carbons (Fsp3) is 0.103. The van der Waals surface area contributed by atoms with Crippen molar-refractivity contribution in [3.05, 3.63) is 102 Å². The summed E-state index contributed by atoms with van der Waals surface area (Å²) in [7, 11) is 0. The first kappa shape index (κ1) is 17.0. The number of aromatic nitrogens is 2. The van der Waals surface area contributed by atoms with Crippen molar-refractivity contribution in [2.24, 2.45) is 0 Å². The van der Waals surface area contributed by atoms with Crippen molar-refractivity contribution in [1.29, 1.82) is 0 Å². The standard InChI is InChI=1S/C29H22N2/c1-29(2)23-10-6-7-11-26(23)31-25-15-13-20-21-16-19(18-8-4-3-5-9-18)12-14-24(21)30-28(20)22(25)17-27(29)31/h3-17,30H,1-2H3. The van der Waals surface area contributed by atoms with Gasteiger partial charge in [-0.1, -0.05) is 74.5 Å². The van der Waals surface area contributed by atoms with E-state index in [1.54, 1.807) is 0 Å². The molecular weight excluding hydrogens is 376 g/mol. The van der Waals surface area contributed by atoms with E-state index in [0.29, 0.717) is 0 Å².